The van der Waals surface area contributed by atoms with Crippen molar-refractivity contribution in [2.24, 2.45) is 4.99 Å². The lowest BCUT2D eigenvalue weighted by molar-refractivity contribution is 0.373. The van der Waals surface area contributed by atoms with Crippen molar-refractivity contribution >= 4 is 17.6 Å². The van der Waals surface area contributed by atoms with Gasteiger partial charge in [-0.15, -0.1) is 0 Å². The molecule has 0 saturated carbocycles. The van der Waals surface area contributed by atoms with Gasteiger partial charge in [0.25, 0.3) is 0 Å². The summed E-state index contributed by atoms with van der Waals surface area (Å²) >= 11 is 6.05. The molecule has 0 aliphatic carbocycles. The van der Waals surface area contributed by atoms with Crippen LogP contribution in [-0.4, -0.2) is 41.0 Å². The summed E-state index contributed by atoms with van der Waals surface area (Å²) in [4.78, 5) is 4.63. The number of methoxy groups -OCH3 is 1. The summed E-state index contributed by atoms with van der Waals surface area (Å²) in [6.07, 6.45) is 3.70. The Morgan fingerprint density at radius 1 is 1.23 bits per heavy atom. The predicted octanol–water partition coefficient (Wildman–Crippen LogP) is 3.60. The summed E-state index contributed by atoms with van der Waals surface area (Å²) in [5.41, 5.74) is 1.97. The van der Waals surface area contributed by atoms with Crippen molar-refractivity contribution in [2.45, 2.75) is 19.5 Å². The van der Waals surface area contributed by atoms with Crippen molar-refractivity contribution in [1.82, 2.24) is 20.4 Å². The van der Waals surface area contributed by atoms with Crippen molar-refractivity contribution in [2.75, 3.05) is 20.2 Å². The van der Waals surface area contributed by atoms with Crippen molar-refractivity contribution in [1.29, 1.82) is 0 Å². The molecule has 0 aliphatic rings. The lowest BCUT2D eigenvalue weighted by atomic mass is 10.1. The fraction of sp³-hybridized carbons (Fsp3) is 0.273. The second kappa shape index (κ2) is 10.5. The third-order valence-electron chi connectivity index (χ3n) is 4.57. The first-order valence-corrected chi connectivity index (χ1v) is 10.1. The zero-order chi connectivity index (χ0) is 21.3. The number of nitrogens with one attached hydrogen (secondary N) is 2. The van der Waals surface area contributed by atoms with Crippen LogP contribution in [0.3, 0.4) is 0 Å². The molecule has 2 aromatic carbocycles. The number of aromatic hydroxyl groups is 1. The number of hydrogen-bond donors (Lipinski definition) is 3. The van der Waals surface area contributed by atoms with E-state index in [2.05, 4.69) is 20.7 Å². The molecule has 1 unspecified atom stereocenters. The Bertz CT molecular complexity index is 958. The van der Waals surface area contributed by atoms with Gasteiger partial charge in [-0.25, -0.2) is 4.99 Å². The summed E-state index contributed by atoms with van der Waals surface area (Å²) in [6.45, 7) is 3.75. The van der Waals surface area contributed by atoms with E-state index in [0.29, 0.717) is 29.8 Å². The summed E-state index contributed by atoms with van der Waals surface area (Å²) in [5.74, 6) is 1.22. The molecule has 7 nitrogen and oxygen atoms in total. The minimum atomic E-state index is -0.0221. The van der Waals surface area contributed by atoms with Crippen LogP contribution in [0, 0.1) is 0 Å². The molecule has 3 rings (SSSR count). The molecule has 0 spiro atoms. The van der Waals surface area contributed by atoms with Crippen LogP contribution in [0.5, 0.6) is 11.5 Å². The smallest absolute Gasteiger partial charge is 0.191 e. The van der Waals surface area contributed by atoms with Gasteiger partial charge in [0.05, 0.1) is 19.7 Å². The van der Waals surface area contributed by atoms with E-state index in [1.807, 2.05) is 54.2 Å². The Hall–Kier alpha value is -3.19. The largest absolute Gasteiger partial charge is 0.504 e. The summed E-state index contributed by atoms with van der Waals surface area (Å²) in [6, 6.07) is 14.9. The van der Waals surface area contributed by atoms with Gasteiger partial charge in [-0.2, -0.15) is 5.10 Å². The standard InChI is InChI=1S/C22H26ClN5O2/c1-3-24-22(25-14-16-5-10-21(30-2)20(29)13-16)26-15-19(28-12-4-11-27-28)17-6-8-18(23)9-7-17/h4-13,19,29H,3,14-15H2,1-2H3,(H2,24,25,26). The fourth-order valence-corrected chi connectivity index (χ4v) is 3.18. The quantitative estimate of drug-likeness (QED) is 0.378. The van der Waals surface area contributed by atoms with Crippen LogP contribution in [0.1, 0.15) is 24.1 Å². The lowest BCUT2D eigenvalue weighted by Crippen LogP contribution is -2.40. The average molecular weight is 428 g/mol. The van der Waals surface area contributed by atoms with Crippen molar-refractivity contribution in [3.8, 4) is 11.5 Å². The number of halogens is 1. The maximum Gasteiger partial charge on any atom is 0.191 e. The number of guanidine groups is 1. The van der Waals surface area contributed by atoms with Crippen LogP contribution in [0.25, 0.3) is 0 Å². The van der Waals surface area contributed by atoms with Crippen LogP contribution < -0.4 is 15.4 Å². The molecule has 158 valence electrons. The minimum absolute atomic E-state index is 0.0221. The maximum absolute atomic E-state index is 9.96. The maximum atomic E-state index is 9.96. The second-order valence-corrected chi connectivity index (χ2v) is 7.07. The molecule has 1 heterocycles. The molecule has 8 heteroatoms. The van der Waals surface area contributed by atoms with E-state index in [1.165, 1.54) is 7.11 Å². The average Bonchev–Trinajstić information content (AvgIpc) is 3.28. The number of nitrogens with zero attached hydrogens (tertiary/aromatic N) is 3. The molecule has 0 radical (unpaired) electrons. The van der Waals surface area contributed by atoms with E-state index in [1.54, 1.807) is 18.3 Å². The van der Waals surface area contributed by atoms with Gasteiger partial charge in [0.15, 0.2) is 17.5 Å². The number of hydrogen-bond acceptors (Lipinski definition) is 4. The van der Waals surface area contributed by atoms with Gasteiger partial charge < -0.3 is 20.5 Å². The van der Waals surface area contributed by atoms with Gasteiger partial charge in [0.1, 0.15) is 0 Å². The number of aromatic nitrogens is 2. The van der Waals surface area contributed by atoms with Gasteiger partial charge in [-0.05, 0) is 48.4 Å². The highest BCUT2D eigenvalue weighted by Gasteiger charge is 2.15. The summed E-state index contributed by atoms with van der Waals surface area (Å²) < 4.78 is 6.99. The first-order valence-electron chi connectivity index (χ1n) is 9.73. The lowest BCUT2D eigenvalue weighted by Gasteiger charge is -2.20. The van der Waals surface area contributed by atoms with E-state index in [9.17, 15) is 5.11 Å². The number of benzene rings is 2. The van der Waals surface area contributed by atoms with E-state index < -0.39 is 0 Å². The molecule has 0 amide bonds. The molecule has 0 saturated heterocycles. The Labute approximate surface area is 181 Å². The zero-order valence-electron chi connectivity index (χ0n) is 17.0. The van der Waals surface area contributed by atoms with Crippen LogP contribution in [0.2, 0.25) is 5.02 Å². The second-order valence-electron chi connectivity index (χ2n) is 6.64. The molecule has 0 bridgehead atoms. The molecule has 30 heavy (non-hydrogen) atoms. The van der Waals surface area contributed by atoms with Gasteiger partial charge in [0, 0.05) is 30.5 Å². The van der Waals surface area contributed by atoms with Crippen LogP contribution in [-0.2, 0) is 6.54 Å². The Kier molecular flexibility index (Phi) is 7.57. The van der Waals surface area contributed by atoms with Crippen molar-refractivity contribution in [3.63, 3.8) is 0 Å². The SMILES string of the molecule is CCNC(=NCc1ccc(OC)c(O)c1)NCC(c1ccc(Cl)cc1)n1cccn1. The highest BCUT2D eigenvalue weighted by Crippen LogP contribution is 2.26. The number of rotatable bonds is 8. The molecular formula is C22H26ClN5O2. The van der Waals surface area contributed by atoms with Gasteiger partial charge in [-0.1, -0.05) is 29.8 Å². The molecule has 3 aromatic rings. The minimum Gasteiger partial charge on any atom is -0.504 e. The third kappa shape index (κ3) is 5.67. The molecule has 1 aromatic heterocycles. The van der Waals surface area contributed by atoms with Crippen LogP contribution >= 0.6 is 11.6 Å². The highest BCUT2D eigenvalue weighted by molar-refractivity contribution is 6.30. The molecular weight excluding hydrogens is 402 g/mol. The number of aliphatic imine (C=N–C) groups is 1. The third-order valence-corrected chi connectivity index (χ3v) is 4.82. The summed E-state index contributed by atoms with van der Waals surface area (Å²) in [7, 11) is 1.52. The highest BCUT2D eigenvalue weighted by atomic mass is 35.5. The predicted molar refractivity (Wildman–Crippen MR) is 119 cm³/mol. The Morgan fingerprint density at radius 3 is 2.67 bits per heavy atom. The number of ether oxygens (including phenoxy) is 1. The fourth-order valence-electron chi connectivity index (χ4n) is 3.05. The monoisotopic (exact) mass is 427 g/mol. The molecule has 0 aliphatic heterocycles. The molecule has 0 fully saturated rings. The molecule has 3 N–H and O–H groups in total. The van der Waals surface area contributed by atoms with Crippen molar-refractivity contribution < 1.29 is 9.84 Å². The van der Waals surface area contributed by atoms with Crippen LogP contribution in [0.15, 0.2) is 65.9 Å². The van der Waals surface area contributed by atoms with Crippen molar-refractivity contribution in [3.05, 3.63) is 77.1 Å². The number of phenols is 1. The summed E-state index contributed by atoms with van der Waals surface area (Å²) in [5, 5.41) is 21.7. The normalized spacial score (nSPS) is 12.4. The first-order chi connectivity index (χ1) is 14.6. The van der Waals surface area contributed by atoms with Crippen LogP contribution in [0.4, 0.5) is 0 Å². The van der Waals surface area contributed by atoms with E-state index in [-0.39, 0.29) is 11.8 Å². The zero-order valence-corrected chi connectivity index (χ0v) is 17.8. The van der Waals surface area contributed by atoms with Gasteiger partial charge >= 0.3 is 0 Å². The van der Waals surface area contributed by atoms with Gasteiger partial charge in [-0.3, -0.25) is 4.68 Å². The van der Waals surface area contributed by atoms with E-state index in [0.717, 1.165) is 17.7 Å². The van der Waals surface area contributed by atoms with E-state index >= 15 is 0 Å². The first kappa shape index (κ1) is 21.5. The van der Waals surface area contributed by atoms with Gasteiger partial charge in [0.2, 0.25) is 0 Å². The topological polar surface area (TPSA) is 83.7 Å². The number of phenolic OH excluding ortho intramolecular Hbond substituents is 1. The Morgan fingerprint density at radius 2 is 2.03 bits per heavy atom. The molecule has 1 atom stereocenters. The van der Waals surface area contributed by atoms with E-state index in [4.69, 9.17) is 16.3 Å². The Balaban J connectivity index is 1.73.